The predicted molar refractivity (Wildman–Crippen MR) is 75.6 cm³/mol. The highest BCUT2D eigenvalue weighted by Crippen LogP contribution is 2.38. The molecule has 3 heterocycles. The lowest BCUT2D eigenvalue weighted by molar-refractivity contribution is -0.136. The molecule has 7 heteroatoms. The number of ether oxygens (including phenoxy) is 1. The van der Waals surface area contributed by atoms with E-state index in [4.69, 9.17) is 4.74 Å². The van der Waals surface area contributed by atoms with Crippen LogP contribution in [0.2, 0.25) is 0 Å². The Morgan fingerprint density at radius 1 is 1.50 bits per heavy atom. The standard InChI is InChI=1S/C13H14N4O2S/c1-7-4-5-20-11(7)10-9(12(18)19-3)8(2)16-13-14-6-15-17(10)13/h4-6,10H,1-3H3,(H,14,15,16)/t10-/m1/s1. The van der Waals surface area contributed by atoms with Gasteiger partial charge >= 0.3 is 5.97 Å². The van der Waals surface area contributed by atoms with E-state index in [0.29, 0.717) is 11.5 Å². The largest absolute Gasteiger partial charge is 0.466 e. The summed E-state index contributed by atoms with van der Waals surface area (Å²) < 4.78 is 6.65. The molecule has 1 aliphatic rings. The van der Waals surface area contributed by atoms with Crippen molar-refractivity contribution < 1.29 is 9.53 Å². The third kappa shape index (κ3) is 1.82. The highest BCUT2D eigenvalue weighted by molar-refractivity contribution is 7.10. The maximum Gasteiger partial charge on any atom is 0.338 e. The van der Waals surface area contributed by atoms with Crippen LogP contribution in [0.4, 0.5) is 5.95 Å². The summed E-state index contributed by atoms with van der Waals surface area (Å²) in [5.41, 5.74) is 2.43. The first-order valence-corrected chi connectivity index (χ1v) is 7.01. The predicted octanol–water partition coefficient (Wildman–Crippen LogP) is 2.11. The van der Waals surface area contributed by atoms with Gasteiger partial charge in [-0.25, -0.2) is 9.48 Å². The molecule has 0 radical (unpaired) electrons. The van der Waals surface area contributed by atoms with Crippen molar-refractivity contribution in [2.24, 2.45) is 0 Å². The number of nitrogens with one attached hydrogen (secondary N) is 1. The normalized spacial score (nSPS) is 17.6. The van der Waals surface area contributed by atoms with Crippen molar-refractivity contribution in [2.75, 3.05) is 12.4 Å². The Hall–Kier alpha value is -2.15. The van der Waals surface area contributed by atoms with Gasteiger partial charge in [-0.15, -0.1) is 11.3 Å². The lowest BCUT2D eigenvalue weighted by Gasteiger charge is -2.27. The first kappa shape index (κ1) is 12.9. The molecule has 0 spiro atoms. The molecule has 0 saturated heterocycles. The van der Waals surface area contributed by atoms with Gasteiger partial charge in [0.1, 0.15) is 12.4 Å². The summed E-state index contributed by atoms with van der Waals surface area (Å²) in [6.45, 7) is 3.87. The van der Waals surface area contributed by atoms with Crippen LogP contribution in [-0.4, -0.2) is 27.8 Å². The number of thiophene rings is 1. The Morgan fingerprint density at radius 3 is 2.95 bits per heavy atom. The second-order valence-corrected chi connectivity index (χ2v) is 5.50. The number of esters is 1. The van der Waals surface area contributed by atoms with E-state index >= 15 is 0 Å². The molecule has 104 valence electrons. The summed E-state index contributed by atoms with van der Waals surface area (Å²) in [5.74, 6) is 0.280. The molecule has 6 nitrogen and oxygen atoms in total. The van der Waals surface area contributed by atoms with Gasteiger partial charge in [-0.1, -0.05) is 0 Å². The van der Waals surface area contributed by atoms with Gasteiger partial charge in [-0.3, -0.25) is 0 Å². The highest BCUT2D eigenvalue weighted by atomic mass is 32.1. The van der Waals surface area contributed by atoms with E-state index in [-0.39, 0.29) is 12.0 Å². The van der Waals surface area contributed by atoms with E-state index in [2.05, 4.69) is 15.4 Å². The number of nitrogens with zero attached hydrogens (tertiary/aromatic N) is 3. The fourth-order valence-corrected chi connectivity index (χ4v) is 3.39. The topological polar surface area (TPSA) is 69.0 Å². The maximum absolute atomic E-state index is 12.1. The number of anilines is 1. The van der Waals surface area contributed by atoms with Gasteiger partial charge in [0.25, 0.3) is 0 Å². The van der Waals surface area contributed by atoms with Crippen LogP contribution in [0.5, 0.6) is 0 Å². The molecule has 1 atom stereocenters. The first-order chi connectivity index (χ1) is 9.63. The molecule has 0 fully saturated rings. The van der Waals surface area contributed by atoms with Gasteiger partial charge in [-0.05, 0) is 30.9 Å². The second kappa shape index (κ2) is 4.75. The van der Waals surface area contributed by atoms with E-state index in [1.807, 2.05) is 25.3 Å². The van der Waals surface area contributed by atoms with Gasteiger partial charge in [0.05, 0.1) is 12.7 Å². The van der Waals surface area contributed by atoms with Crippen LogP contribution in [0.25, 0.3) is 0 Å². The molecule has 1 aliphatic heterocycles. The number of hydrogen-bond donors (Lipinski definition) is 1. The van der Waals surface area contributed by atoms with Gasteiger partial charge in [0, 0.05) is 10.6 Å². The quantitative estimate of drug-likeness (QED) is 0.858. The number of aryl methyl sites for hydroxylation is 1. The number of allylic oxidation sites excluding steroid dienone is 1. The Labute approximate surface area is 120 Å². The molecule has 1 N–H and O–H groups in total. The first-order valence-electron chi connectivity index (χ1n) is 6.13. The molecule has 2 aromatic heterocycles. The van der Waals surface area contributed by atoms with Crippen molar-refractivity contribution in [2.45, 2.75) is 19.9 Å². The maximum atomic E-state index is 12.1. The molecule has 0 saturated carbocycles. The molecule has 0 amide bonds. The van der Waals surface area contributed by atoms with Gasteiger partial charge in [0.2, 0.25) is 5.95 Å². The molecule has 2 aromatic rings. The molecule has 20 heavy (non-hydrogen) atoms. The molecule has 0 aliphatic carbocycles. The third-order valence-electron chi connectivity index (χ3n) is 3.35. The van der Waals surface area contributed by atoms with Crippen molar-refractivity contribution in [3.8, 4) is 0 Å². The Balaban J connectivity index is 2.21. The minimum atomic E-state index is -0.353. The molecule has 0 unspecified atom stereocenters. The van der Waals surface area contributed by atoms with Crippen molar-refractivity contribution in [1.82, 2.24) is 14.8 Å². The summed E-state index contributed by atoms with van der Waals surface area (Å²) in [5, 5.41) is 9.34. The Morgan fingerprint density at radius 2 is 2.30 bits per heavy atom. The summed E-state index contributed by atoms with van der Waals surface area (Å²) in [4.78, 5) is 17.4. The van der Waals surface area contributed by atoms with Crippen LogP contribution in [0.3, 0.4) is 0 Å². The van der Waals surface area contributed by atoms with Crippen LogP contribution in [0, 0.1) is 6.92 Å². The van der Waals surface area contributed by atoms with E-state index in [0.717, 1.165) is 16.1 Å². The number of carbonyl (C=O) groups is 1. The number of fused-ring (bicyclic) bond motifs is 1. The second-order valence-electron chi connectivity index (χ2n) is 4.55. The summed E-state index contributed by atoms with van der Waals surface area (Å²) >= 11 is 1.60. The van der Waals surface area contributed by atoms with Crippen LogP contribution in [0.1, 0.15) is 23.4 Å². The van der Waals surface area contributed by atoms with Crippen LogP contribution in [0.15, 0.2) is 29.0 Å². The van der Waals surface area contributed by atoms with E-state index in [9.17, 15) is 4.79 Å². The van der Waals surface area contributed by atoms with Crippen molar-refractivity contribution in [3.05, 3.63) is 39.5 Å². The number of aromatic nitrogens is 3. The van der Waals surface area contributed by atoms with E-state index in [1.54, 1.807) is 16.0 Å². The summed E-state index contributed by atoms with van der Waals surface area (Å²) in [6.07, 6.45) is 1.48. The fourth-order valence-electron chi connectivity index (χ4n) is 2.37. The zero-order valence-corrected chi connectivity index (χ0v) is 12.2. The van der Waals surface area contributed by atoms with Gasteiger partial charge in [-0.2, -0.15) is 10.1 Å². The minimum absolute atomic E-state index is 0.291. The Bertz CT molecular complexity index is 701. The SMILES string of the molecule is COC(=O)C1=C(C)Nc2ncnn2[C@H]1c1sccc1C. The molecular formula is C13H14N4O2S. The molecule has 0 aromatic carbocycles. The number of carbonyl (C=O) groups excluding carboxylic acids is 1. The van der Waals surface area contributed by atoms with Crippen molar-refractivity contribution >= 4 is 23.3 Å². The van der Waals surface area contributed by atoms with Crippen LogP contribution >= 0.6 is 11.3 Å². The smallest absolute Gasteiger partial charge is 0.338 e. The summed E-state index contributed by atoms with van der Waals surface area (Å²) in [6, 6.07) is 1.74. The van der Waals surface area contributed by atoms with E-state index in [1.165, 1.54) is 13.4 Å². The number of rotatable bonds is 2. The average molecular weight is 290 g/mol. The third-order valence-corrected chi connectivity index (χ3v) is 4.42. The molecule has 3 rings (SSSR count). The van der Waals surface area contributed by atoms with Crippen molar-refractivity contribution in [1.29, 1.82) is 0 Å². The van der Waals surface area contributed by atoms with Gasteiger partial charge in [0.15, 0.2) is 0 Å². The van der Waals surface area contributed by atoms with E-state index < -0.39 is 0 Å². The Kier molecular flexibility index (Phi) is 3.06. The minimum Gasteiger partial charge on any atom is -0.466 e. The van der Waals surface area contributed by atoms with Crippen LogP contribution < -0.4 is 5.32 Å². The number of hydrogen-bond acceptors (Lipinski definition) is 6. The van der Waals surface area contributed by atoms with Crippen LogP contribution in [-0.2, 0) is 9.53 Å². The lowest BCUT2D eigenvalue weighted by atomic mass is 10.00. The van der Waals surface area contributed by atoms with Crippen molar-refractivity contribution in [3.63, 3.8) is 0 Å². The highest BCUT2D eigenvalue weighted by Gasteiger charge is 2.35. The van der Waals surface area contributed by atoms with Gasteiger partial charge < -0.3 is 10.1 Å². The zero-order valence-electron chi connectivity index (χ0n) is 11.4. The number of methoxy groups -OCH3 is 1. The average Bonchev–Trinajstić information content (AvgIpc) is 3.05. The molecule has 0 bridgehead atoms. The zero-order chi connectivity index (χ0) is 14.3. The monoisotopic (exact) mass is 290 g/mol. The lowest BCUT2D eigenvalue weighted by Crippen LogP contribution is -2.29. The summed E-state index contributed by atoms with van der Waals surface area (Å²) in [7, 11) is 1.39. The molecular weight excluding hydrogens is 276 g/mol. The fraction of sp³-hybridized carbons (Fsp3) is 0.308.